The zero-order valence-corrected chi connectivity index (χ0v) is 9.87. The quantitative estimate of drug-likeness (QED) is 0.809. The summed E-state index contributed by atoms with van der Waals surface area (Å²) >= 11 is 1.28. The molecule has 0 bridgehead atoms. The summed E-state index contributed by atoms with van der Waals surface area (Å²) < 4.78 is 12.7. The predicted octanol–water partition coefficient (Wildman–Crippen LogP) is 2.40. The lowest BCUT2D eigenvalue weighted by molar-refractivity contribution is 0.100. The fourth-order valence-electron chi connectivity index (χ4n) is 1.18. The molecule has 0 saturated heterocycles. The maximum Gasteiger partial charge on any atom is 0.279 e. The zero-order chi connectivity index (χ0) is 12.3. The number of amides is 1. The van der Waals surface area contributed by atoms with Gasteiger partial charge in [0.05, 0.1) is 0 Å². The van der Waals surface area contributed by atoms with Gasteiger partial charge < -0.3 is 0 Å². The van der Waals surface area contributed by atoms with Crippen molar-refractivity contribution in [3.05, 3.63) is 35.6 Å². The molecular formula is C11H9FN3OS. The Balaban J connectivity index is 2.08. The van der Waals surface area contributed by atoms with Gasteiger partial charge in [-0.15, -0.1) is 10.5 Å². The van der Waals surface area contributed by atoms with E-state index in [1.165, 1.54) is 36.0 Å². The first-order valence-corrected chi connectivity index (χ1v) is 5.84. The third kappa shape index (κ3) is 2.91. The number of carbonyl (C=O) groups is 1. The summed E-state index contributed by atoms with van der Waals surface area (Å²) in [6, 6.07) is 5.23. The molecule has 0 aliphatic carbocycles. The summed E-state index contributed by atoms with van der Waals surface area (Å²) in [6.07, 6.45) is 0.762. The lowest BCUT2D eigenvalue weighted by atomic mass is 10.2. The summed E-state index contributed by atoms with van der Waals surface area (Å²) in [7, 11) is 0. The van der Waals surface area contributed by atoms with E-state index in [1.807, 2.05) is 6.92 Å². The lowest BCUT2D eigenvalue weighted by Gasteiger charge is -1.95. The van der Waals surface area contributed by atoms with E-state index in [1.54, 1.807) is 0 Å². The van der Waals surface area contributed by atoms with Crippen LogP contribution in [0, 0.1) is 5.82 Å². The summed E-state index contributed by atoms with van der Waals surface area (Å²) in [5.74, 6) is -0.825. The third-order valence-corrected chi connectivity index (χ3v) is 3.01. The zero-order valence-electron chi connectivity index (χ0n) is 9.05. The molecule has 1 radical (unpaired) electrons. The first-order valence-electron chi connectivity index (χ1n) is 5.03. The monoisotopic (exact) mass is 250 g/mol. The van der Waals surface area contributed by atoms with Crippen molar-refractivity contribution in [2.45, 2.75) is 13.3 Å². The van der Waals surface area contributed by atoms with Gasteiger partial charge in [-0.05, 0) is 42.4 Å². The average Bonchev–Trinajstić information content (AvgIpc) is 2.77. The number of hydrogen-bond acceptors (Lipinski definition) is 3. The Kier molecular flexibility index (Phi) is 3.53. The predicted molar refractivity (Wildman–Crippen MR) is 65.6 cm³/mol. The van der Waals surface area contributed by atoms with Gasteiger partial charge in [0.25, 0.3) is 5.91 Å². The second kappa shape index (κ2) is 5.09. The Bertz CT molecular complexity index is 496. The number of nitrogens with zero attached hydrogens (tertiary/aromatic N) is 3. The van der Waals surface area contributed by atoms with Crippen LogP contribution in [0.1, 0.15) is 23.7 Å². The minimum absolute atomic E-state index is 0.330. The molecule has 1 aromatic carbocycles. The van der Waals surface area contributed by atoms with Crippen molar-refractivity contribution in [1.29, 1.82) is 0 Å². The minimum atomic E-state index is -0.441. The maximum atomic E-state index is 12.7. The van der Waals surface area contributed by atoms with Gasteiger partial charge in [0, 0.05) is 5.56 Å². The van der Waals surface area contributed by atoms with Crippen molar-refractivity contribution in [2.75, 3.05) is 0 Å². The van der Waals surface area contributed by atoms with Crippen LogP contribution in [0.3, 0.4) is 0 Å². The fourth-order valence-corrected chi connectivity index (χ4v) is 1.82. The Morgan fingerprint density at radius 2 is 2.12 bits per heavy atom. The molecule has 1 aliphatic rings. The standard InChI is InChI=1S/C11H9FN3OS/c1-2-9-14-15-11(17-9)13-10(16)7-3-5-8(12)6-4-7/h3-6H,2H2,1H3. The van der Waals surface area contributed by atoms with E-state index in [0.717, 1.165) is 11.5 Å². The van der Waals surface area contributed by atoms with Crippen LogP contribution in [0.4, 0.5) is 4.39 Å². The average molecular weight is 250 g/mol. The second-order valence-corrected chi connectivity index (χ2v) is 4.30. The Morgan fingerprint density at radius 3 is 2.71 bits per heavy atom. The molecule has 0 saturated carbocycles. The lowest BCUT2D eigenvalue weighted by Crippen LogP contribution is -2.05. The molecule has 0 N–H and O–H groups in total. The van der Waals surface area contributed by atoms with Gasteiger partial charge >= 0.3 is 0 Å². The summed E-state index contributed by atoms with van der Waals surface area (Å²) in [6.45, 7) is 1.95. The van der Waals surface area contributed by atoms with Crippen molar-refractivity contribution in [3.8, 4) is 0 Å². The van der Waals surface area contributed by atoms with Crippen LogP contribution in [0.5, 0.6) is 0 Å². The summed E-state index contributed by atoms with van der Waals surface area (Å²) in [4.78, 5) is 15.5. The van der Waals surface area contributed by atoms with Crippen LogP contribution in [-0.4, -0.2) is 16.1 Å². The van der Waals surface area contributed by atoms with Gasteiger partial charge in [0.1, 0.15) is 10.9 Å². The van der Waals surface area contributed by atoms with Crippen LogP contribution < -0.4 is 5.43 Å². The molecule has 4 nitrogen and oxygen atoms in total. The largest absolute Gasteiger partial charge is 0.279 e. The van der Waals surface area contributed by atoms with E-state index in [-0.39, 0.29) is 5.82 Å². The number of rotatable bonds is 2. The Hall–Kier alpha value is -1.69. The van der Waals surface area contributed by atoms with Crippen molar-refractivity contribution >= 4 is 27.9 Å². The smallest absolute Gasteiger partial charge is 0.267 e. The van der Waals surface area contributed by atoms with E-state index < -0.39 is 5.91 Å². The van der Waals surface area contributed by atoms with Crippen molar-refractivity contribution in [1.82, 2.24) is 5.43 Å². The first-order chi connectivity index (χ1) is 8.19. The second-order valence-electron chi connectivity index (χ2n) is 3.26. The van der Waals surface area contributed by atoms with E-state index in [2.05, 4.69) is 15.5 Å². The van der Waals surface area contributed by atoms with E-state index >= 15 is 0 Å². The number of halogens is 1. The van der Waals surface area contributed by atoms with Crippen molar-refractivity contribution in [2.24, 2.45) is 10.1 Å². The highest BCUT2D eigenvalue weighted by Gasteiger charge is 2.16. The normalized spacial score (nSPS) is 16.8. The number of thioether (sulfide) groups is 1. The number of aliphatic imine (C=N–C) groups is 1. The molecule has 87 valence electrons. The molecule has 0 unspecified atom stereocenters. The van der Waals surface area contributed by atoms with Crippen molar-refractivity contribution < 1.29 is 9.18 Å². The highest BCUT2D eigenvalue weighted by molar-refractivity contribution is 8.26. The fraction of sp³-hybridized carbons (Fsp3) is 0.182. The minimum Gasteiger partial charge on any atom is -0.267 e. The molecule has 0 aromatic heterocycles. The topological polar surface area (TPSA) is 55.9 Å². The number of benzene rings is 1. The molecule has 17 heavy (non-hydrogen) atoms. The molecule has 6 heteroatoms. The molecule has 2 rings (SSSR count). The van der Waals surface area contributed by atoms with Gasteiger partial charge in [-0.25, -0.2) is 4.39 Å². The van der Waals surface area contributed by atoms with E-state index in [0.29, 0.717) is 10.7 Å². The van der Waals surface area contributed by atoms with E-state index in [4.69, 9.17) is 0 Å². The van der Waals surface area contributed by atoms with Gasteiger partial charge in [-0.1, -0.05) is 6.92 Å². The molecule has 1 aromatic rings. The summed E-state index contributed by atoms with van der Waals surface area (Å²) in [5, 5.41) is 5.02. The molecular weight excluding hydrogens is 241 g/mol. The van der Waals surface area contributed by atoms with Gasteiger partial charge in [-0.3, -0.25) is 4.79 Å². The molecule has 0 atom stereocenters. The summed E-state index contributed by atoms with van der Waals surface area (Å²) in [5.41, 5.74) is 4.11. The van der Waals surface area contributed by atoms with Gasteiger partial charge in [-0.2, -0.15) is 4.99 Å². The van der Waals surface area contributed by atoms with Crippen LogP contribution in [0.2, 0.25) is 0 Å². The van der Waals surface area contributed by atoms with Crippen molar-refractivity contribution in [3.63, 3.8) is 0 Å². The first kappa shape index (κ1) is 11.8. The Morgan fingerprint density at radius 1 is 1.41 bits per heavy atom. The van der Waals surface area contributed by atoms with E-state index in [9.17, 15) is 9.18 Å². The highest BCUT2D eigenvalue weighted by Crippen LogP contribution is 2.16. The molecule has 1 aliphatic heterocycles. The number of amidine groups is 1. The maximum absolute atomic E-state index is 12.7. The van der Waals surface area contributed by atoms with Crippen LogP contribution in [0.25, 0.3) is 0 Å². The van der Waals surface area contributed by atoms with Gasteiger partial charge in [0.15, 0.2) is 0 Å². The molecule has 0 spiro atoms. The van der Waals surface area contributed by atoms with Crippen LogP contribution >= 0.6 is 11.8 Å². The molecule has 0 fully saturated rings. The highest BCUT2D eigenvalue weighted by atomic mass is 32.2. The Labute approximate surface area is 102 Å². The van der Waals surface area contributed by atoms with Gasteiger partial charge in [0.2, 0.25) is 5.17 Å². The molecule has 1 amide bonds. The molecule has 1 heterocycles. The SMILES string of the molecule is CCC1=N[N]C(=NC(=O)c2ccc(F)cc2)S1. The number of carbonyl (C=O) groups excluding carboxylic acids is 1. The number of hydrogen-bond donors (Lipinski definition) is 0. The van der Waals surface area contributed by atoms with Crippen LogP contribution in [0.15, 0.2) is 34.4 Å². The third-order valence-electron chi connectivity index (χ3n) is 2.05. The van der Waals surface area contributed by atoms with Crippen LogP contribution in [-0.2, 0) is 0 Å².